The monoisotopic (exact) mass is 359 g/mol. The SMILES string of the molecule is COc1cccc(C2CCCN2C(=O)/C=C/c2c(C)nn(C)c2Cl)c1. The molecule has 3 rings (SSSR count). The van der Waals surface area contributed by atoms with Crippen molar-refractivity contribution in [3.8, 4) is 5.75 Å². The number of rotatable bonds is 4. The predicted molar refractivity (Wildman–Crippen MR) is 98.7 cm³/mol. The van der Waals surface area contributed by atoms with Gasteiger partial charge in [0.1, 0.15) is 10.9 Å². The summed E-state index contributed by atoms with van der Waals surface area (Å²) in [5.41, 5.74) is 2.70. The fourth-order valence-corrected chi connectivity index (χ4v) is 3.55. The van der Waals surface area contributed by atoms with Gasteiger partial charge in [-0.3, -0.25) is 9.48 Å². The van der Waals surface area contributed by atoms with Crippen molar-refractivity contribution in [2.24, 2.45) is 7.05 Å². The highest BCUT2D eigenvalue weighted by Crippen LogP contribution is 2.33. The number of carbonyl (C=O) groups excluding carboxylic acids is 1. The average Bonchev–Trinajstić information content (AvgIpc) is 3.19. The standard InChI is InChI=1S/C19H22ClN3O2/c1-13-16(19(20)22(2)21-13)9-10-18(24)23-11-5-8-17(23)14-6-4-7-15(12-14)25-3/h4,6-7,9-10,12,17H,5,8,11H2,1-3H3/b10-9+. The Kier molecular flexibility index (Phi) is 5.13. The number of hydrogen-bond donors (Lipinski definition) is 0. The van der Waals surface area contributed by atoms with Crippen molar-refractivity contribution in [2.75, 3.05) is 13.7 Å². The Morgan fingerprint density at radius 3 is 2.92 bits per heavy atom. The molecule has 0 bridgehead atoms. The molecule has 0 aliphatic carbocycles. The smallest absolute Gasteiger partial charge is 0.247 e. The van der Waals surface area contributed by atoms with Gasteiger partial charge in [-0.25, -0.2) is 0 Å². The third-order valence-electron chi connectivity index (χ3n) is 4.60. The molecule has 25 heavy (non-hydrogen) atoms. The second-order valence-electron chi connectivity index (χ2n) is 6.21. The summed E-state index contributed by atoms with van der Waals surface area (Å²) in [6.07, 6.45) is 5.30. The number of aromatic nitrogens is 2. The molecule has 1 saturated heterocycles. The van der Waals surface area contributed by atoms with Crippen LogP contribution in [-0.2, 0) is 11.8 Å². The molecule has 1 amide bonds. The number of carbonyl (C=O) groups is 1. The Hall–Kier alpha value is -2.27. The van der Waals surface area contributed by atoms with Crippen molar-refractivity contribution >= 4 is 23.6 Å². The van der Waals surface area contributed by atoms with Crippen molar-refractivity contribution in [1.82, 2.24) is 14.7 Å². The van der Waals surface area contributed by atoms with E-state index in [0.717, 1.165) is 42.0 Å². The third kappa shape index (κ3) is 3.56. The second-order valence-corrected chi connectivity index (χ2v) is 6.57. The van der Waals surface area contributed by atoms with Gasteiger partial charge in [0, 0.05) is 25.2 Å². The van der Waals surface area contributed by atoms with Crippen LogP contribution in [0.2, 0.25) is 5.15 Å². The Morgan fingerprint density at radius 1 is 1.44 bits per heavy atom. The minimum Gasteiger partial charge on any atom is -0.497 e. The molecule has 1 unspecified atom stereocenters. The fourth-order valence-electron chi connectivity index (χ4n) is 3.31. The molecule has 0 spiro atoms. The number of methoxy groups -OCH3 is 1. The topological polar surface area (TPSA) is 47.4 Å². The van der Waals surface area contributed by atoms with Crippen molar-refractivity contribution < 1.29 is 9.53 Å². The summed E-state index contributed by atoms with van der Waals surface area (Å²) < 4.78 is 6.91. The molecule has 1 aromatic heterocycles. The molecule has 6 heteroatoms. The molecule has 1 aliphatic rings. The Balaban J connectivity index is 1.80. The van der Waals surface area contributed by atoms with Crippen molar-refractivity contribution in [3.63, 3.8) is 0 Å². The molecule has 0 saturated carbocycles. The zero-order valence-corrected chi connectivity index (χ0v) is 15.5. The minimum absolute atomic E-state index is 0.00959. The van der Waals surface area contributed by atoms with Crippen molar-refractivity contribution in [1.29, 1.82) is 0 Å². The van der Waals surface area contributed by atoms with Crippen LogP contribution in [0.25, 0.3) is 6.08 Å². The van der Waals surface area contributed by atoms with Gasteiger partial charge in [0.05, 0.1) is 18.8 Å². The number of hydrogen-bond acceptors (Lipinski definition) is 3. The molecule has 1 aromatic carbocycles. The maximum atomic E-state index is 12.7. The lowest BCUT2D eigenvalue weighted by Gasteiger charge is -2.24. The summed E-state index contributed by atoms with van der Waals surface area (Å²) in [6, 6.07) is 8.01. The van der Waals surface area contributed by atoms with E-state index in [1.165, 1.54) is 0 Å². The number of ether oxygens (including phenoxy) is 1. The third-order valence-corrected chi connectivity index (χ3v) is 5.05. The summed E-state index contributed by atoms with van der Waals surface area (Å²) in [5.74, 6) is 0.801. The van der Waals surface area contributed by atoms with Crippen molar-refractivity contribution in [3.05, 3.63) is 52.3 Å². The number of aryl methyl sites for hydroxylation is 2. The molecule has 132 valence electrons. The predicted octanol–water partition coefficient (Wildman–Crippen LogP) is 3.77. The summed E-state index contributed by atoms with van der Waals surface area (Å²) in [7, 11) is 3.44. The molecule has 2 heterocycles. The lowest BCUT2D eigenvalue weighted by molar-refractivity contribution is -0.126. The molecular formula is C19H22ClN3O2. The van der Waals surface area contributed by atoms with Crippen molar-refractivity contribution in [2.45, 2.75) is 25.8 Å². The molecule has 0 N–H and O–H groups in total. The molecule has 1 aliphatic heterocycles. The summed E-state index contributed by atoms with van der Waals surface area (Å²) >= 11 is 6.23. The molecule has 1 atom stereocenters. The first-order valence-corrected chi connectivity index (χ1v) is 8.70. The lowest BCUT2D eigenvalue weighted by atomic mass is 10.0. The normalized spacial score (nSPS) is 17.4. The first-order valence-electron chi connectivity index (χ1n) is 8.33. The Bertz CT molecular complexity index is 813. The highest BCUT2D eigenvalue weighted by atomic mass is 35.5. The van der Waals surface area contributed by atoms with Gasteiger partial charge in [-0.2, -0.15) is 5.10 Å². The number of amides is 1. The highest BCUT2D eigenvalue weighted by Gasteiger charge is 2.29. The lowest BCUT2D eigenvalue weighted by Crippen LogP contribution is -2.28. The maximum Gasteiger partial charge on any atom is 0.247 e. The largest absolute Gasteiger partial charge is 0.497 e. The molecule has 5 nitrogen and oxygen atoms in total. The van der Waals surface area contributed by atoms with Gasteiger partial charge >= 0.3 is 0 Å². The number of nitrogens with zero attached hydrogens (tertiary/aromatic N) is 3. The average molecular weight is 360 g/mol. The van der Waals surface area contributed by atoms with Crippen LogP contribution in [0.1, 0.15) is 35.7 Å². The first-order chi connectivity index (χ1) is 12.0. The van der Waals surface area contributed by atoms with Gasteiger partial charge < -0.3 is 9.64 Å². The van der Waals surface area contributed by atoms with E-state index in [-0.39, 0.29) is 11.9 Å². The molecular weight excluding hydrogens is 338 g/mol. The number of likely N-dealkylation sites (tertiary alicyclic amines) is 1. The highest BCUT2D eigenvalue weighted by molar-refractivity contribution is 6.31. The van der Waals surface area contributed by atoms with E-state index in [2.05, 4.69) is 5.10 Å². The summed E-state index contributed by atoms with van der Waals surface area (Å²) in [5, 5.41) is 4.80. The first kappa shape index (κ1) is 17.5. The van der Waals surface area contributed by atoms with Gasteiger partial charge in [0.25, 0.3) is 0 Å². The molecule has 0 radical (unpaired) electrons. The number of benzene rings is 1. The van der Waals surface area contributed by atoms with Gasteiger partial charge in [0.2, 0.25) is 5.91 Å². The van der Waals surface area contributed by atoms with Gasteiger partial charge in [0.15, 0.2) is 0 Å². The van der Waals surface area contributed by atoms with Crippen LogP contribution in [0.4, 0.5) is 0 Å². The van der Waals surface area contributed by atoms with E-state index in [1.807, 2.05) is 36.1 Å². The molecule has 2 aromatic rings. The van der Waals surface area contributed by atoms with E-state index in [9.17, 15) is 4.79 Å². The zero-order chi connectivity index (χ0) is 18.0. The summed E-state index contributed by atoms with van der Waals surface area (Å²) in [4.78, 5) is 14.6. The Labute approximate surface area is 152 Å². The van der Waals surface area contributed by atoms with Crippen LogP contribution in [0, 0.1) is 6.92 Å². The van der Waals surface area contributed by atoms with Gasteiger partial charge in [-0.05, 0) is 43.5 Å². The van der Waals surface area contributed by atoms with Gasteiger partial charge in [-0.1, -0.05) is 23.7 Å². The van der Waals surface area contributed by atoms with Crippen LogP contribution in [-0.4, -0.2) is 34.2 Å². The van der Waals surface area contributed by atoms with Gasteiger partial charge in [-0.15, -0.1) is 0 Å². The van der Waals surface area contributed by atoms with Crippen LogP contribution in [0.15, 0.2) is 30.3 Å². The van der Waals surface area contributed by atoms with Crippen LogP contribution >= 0.6 is 11.6 Å². The number of halogens is 1. The van der Waals surface area contributed by atoms with Crippen LogP contribution in [0.5, 0.6) is 5.75 Å². The van der Waals surface area contributed by atoms with E-state index in [0.29, 0.717) is 5.15 Å². The zero-order valence-electron chi connectivity index (χ0n) is 14.7. The second kappa shape index (κ2) is 7.31. The Morgan fingerprint density at radius 2 is 2.24 bits per heavy atom. The van der Waals surface area contributed by atoms with E-state index < -0.39 is 0 Å². The van der Waals surface area contributed by atoms with E-state index in [4.69, 9.17) is 16.3 Å². The van der Waals surface area contributed by atoms with Crippen LogP contribution < -0.4 is 4.74 Å². The quantitative estimate of drug-likeness (QED) is 0.781. The van der Waals surface area contributed by atoms with E-state index in [1.54, 1.807) is 31.0 Å². The summed E-state index contributed by atoms with van der Waals surface area (Å²) in [6.45, 7) is 2.63. The fraction of sp³-hybridized carbons (Fsp3) is 0.368. The van der Waals surface area contributed by atoms with Crippen LogP contribution in [0.3, 0.4) is 0 Å². The maximum absolute atomic E-state index is 12.7. The van der Waals surface area contributed by atoms with E-state index >= 15 is 0 Å². The minimum atomic E-state index is -0.00959. The molecule has 1 fully saturated rings.